The minimum atomic E-state index is 0.356. The summed E-state index contributed by atoms with van der Waals surface area (Å²) in [5, 5.41) is 1.87. The van der Waals surface area contributed by atoms with Gasteiger partial charge in [0.1, 0.15) is 5.82 Å². The summed E-state index contributed by atoms with van der Waals surface area (Å²) in [5.41, 5.74) is 0. The van der Waals surface area contributed by atoms with E-state index in [1.807, 2.05) is 11.1 Å². The molecule has 0 bridgehead atoms. The maximum atomic E-state index is 5.54. The quantitative estimate of drug-likeness (QED) is 0.744. The van der Waals surface area contributed by atoms with Gasteiger partial charge in [0.05, 0.1) is 6.61 Å². The van der Waals surface area contributed by atoms with E-state index in [0.29, 0.717) is 5.92 Å². The highest BCUT2D eigenvalue weighted by Crippen LogP contribution is 2.18. The Balaban J connectivity index is 2.16. The largest absolute Gasteiger partial charge is 0.272 e. The highest BCUT2D eigenvalue weighted by molar-refractivity contribution is 5.34. The molecule has 1 aromatic heterocycles. The summed E-state index contributed by atoms with van der Waals surface area (Å²) >= 11 is 0. The van der Waals surface area contributed by atoms with Crippen LogP contribution >= 0.6 is 0 Å². The first-order chi connectivity index (χ1) is 7.27. The lowest BCUT2D eigenvalue weighted by Crippen LogP contribution is -2.30. The molecule has 2 rings (SSSR count). The van der Waals surface area contributed by atoms with Gasteiger partial charge in [0.2, 0.25) is 0 Å². The third-order valence-corrected chi connectivity index (χ3v) is 2.43. The number of hydrogen-bond donors (Lipinski definition) is 0. The fourth-order valence-corrected chi connectivity index (χ4v) is 1.56. The van der Waals surface area contributed by atoms with E-state index >= 15 is 0 Å². The first-order valence-corrected chi connectivity index (χ1v) is 5.51. The van der Waals surface area contributed by atoms with Crippen molar-refractivity contribution in [2.24, 2.45) is 0 Å². The zero-order valence-electron chi connectivity index (χ0n) is 9.31. The predicted molar refractivity (Wildman–Crippen MR) is 58.7 cm³/mol. The average molecular weight is 207 g/mol. The van der Waals surface area contributed by atoms with Crippen molar-refractivity contribution in [2.75, 3.05) is 18.2 Å². The van der Waals surface area contributed by atoms with Crippen molar-refractivity contribution in [1.29, 1.82) is 0 Å². The van der Waals surface area contributed by atoms with E-state index in [9.17, 15) is 0 Å². The average Bonchev–Trinajstić information content (AvgIpc) is 2.30. The number of aromatic nitrogens is 2. The Hall–Kier alpha value is -1.16. The first kappa shape index (κ1) is 10.4. The van der Waals surface area contributed by atoms with Crippen molar-refractivity contribution in [1.82, 2.24) is 9.97 Å². The molecule has 1 aliphatic heterocycles. The lowest BCUT2D eigenvalue weighted by atomic mass is 10.2. The van der Waals surface area contributed by atoms with Crippen LogP contribution in [-0.4, -0.2) is 23.1 Å². The van der Waals surface area contributed by atoms with E-state index in [4.69, 9.17) is 4.84 Å². The molecule has 0 unspecified atom stereocenters. The molecule has 0 saturated carbocycles. The third kappa shape index (κ3) is 2.45. The van der Waals surface area contributed by atoms with E-state index in [1.165, 1.54) is 6.42 Å². The summed E-state index contributed by atoms with van der Waals surface area (Å²) in [6.45, 7) is 5.90. The summed E-state index contributed by atoms with van der Waals surface area (Å²) in [7, 11) is 0. The van der Waals surface area contributed by atoms with Gasteiger partial charge in [-0.15, -0.1) is 0 Å². The van der Waals surface area contributed by atoms with E-state index in [2.05, 4.69) is 23.8 Å². The second-order valence-corrected chi connectivity index (χ2v) is 4.07. The number of rotatable bonds is 2. The Morgan fingerprint density at radius 1 is 1.40 bits per heavy atom. The van der Waals surface area contributed by atoms with E-state index in [-0.39, 0.29) is 0 Å². The van der Waals surface area contributed by atoms with Crippen molar-refractivity contribution < 1.29 is 4.84 Å². The molecule has 0 aliphatic carbocycles. The molecule has 1 aromatic rings. The molecule has 4 nitrogen and oxygen atoms in total. The number of nitrogens with zero attached hydrogens (tertiary/aromatic N) is 3. The van der Waals surface area contributed by atoms with Gasteiger partial charge >= 0.3 is 0 Å². The Morgan fingerprint density at radius 2 is 2.27 bits per heavy atom. The smallest absolute Gasteiger partial charge is 0.156 e. The molecular weight excluding hydrogens is 190 g/mol. The monoisotopic (exact) mass is 207 g/mol. The topological polar surface area (TPSA) is 38.2 Å². The van der Waals surface area contributed by atoms with Crippen LogP contribution in [0.4, 0.5) is 5.82 Å². The minimum Gasteiger partial charge on any atom is -0.272 e. The summed E-state index contributed by atoms with van der Waals surface area (Å²) in [5.74, 6) is 2.12. The van der Waals surface area contributed by atoms with Crippen LogP contribution in [0.15, 0.2) is 12.3 Å². The Morgan fingerprint density at radius 3 is 2.93 bits per heavy atom. The predicted octanol–water partition coefficient (Wildman–Crippen LogP) is 2.13. The van der Waals surface area contributed by atoms with Crippen LogP contribution in [0.1, 0.15) is 38.4 Å². The van der Waals surface area contributed by atoms with Crippen LogP contribution in [0.25, 0.3) is 0 Å². The van der Waals surface area contributed by atoms with Gasteiger partial charge in [-0.1, -0.05) is 13.8 Å². The van der Waals surface area contributed by atoms with Crippen LogP contribution in [0.3, 0.4) is 0 Å². The van der Waals surface area contributed by atoms with Crippen LogP contribution in [0, 0.1) is 0 Å². The summed E-state index contributed by atoms with van der Waals surface area (Å²) in [6.07, 6.45) is 4.11. The highest BCUT2D eigenvalue weighted by atomic mass is 16.7. The van der Waals surface area contributed by atoms with Crippen molar-refractivity contribution in [3.05, 3.63) is 18.1 Å². The van der Waals surface area contributed by atoms with Crippen molar-refractivity contribution in [3.63, 3.8) is 0 Å². The van der Waals surface area contributed by atoms with Crippen molar-refractivity contribution in [3.8, 4) is 0 Å². The molecule has 0 radical (unpaired) electrons. The molecule has 0 N–H and O–H groups in total. The molecule has 0 spiro atoms. The fourth-order valence-electron chi connectivity index (χ4n) is 1.56. The lowest BCUT2D eigenvalue weighted by Gasteiger charge is -2.26. The van der Waals surface area contributed by atoms with E-state index < -0.39 is 0 Å². The first-order valence-electron chi connectivity index (χ1n) is 5.51. The second-order valence-electron chi connectivity index (χ2n) is 4.07. The maximum absolute atomic E-state index is 5.54. The molecule has 1 aliphatic rings. The molecule has 0 amide bonds. The number of hydroxylamine groups is 1. The van der Waals surface area contributed by atoms with Crippen LogP contribution in [0.2, 0.25) is 0 Å². The summed E-state index contributed by atoms with van der Waals surface area (Å²) in [6, 6.07) is 1.90. The Bertz CT molecular complexity index is 321. The third-order valence-electron chi connectivity index (χ3n) is 2.43. The number of anilines is 1. The summed E-state index contributed by atoms with van der Waals surface area (Å²) < 4.78 is 0. The standard InChI is InChI=1S/C11H17N3O/c1-9(2)11-12-6-5-10(13-11)14-7-3-4-8-15-14/h5-6,9H,3-4,7-8H2,1-2H3. The van der Waals surface area contributed by atoms with Gasteiger partial charge in [0.25, 0.3) is 0 Å². The Labute approximate surface area is 90.2 Å². The van der Waals surface area contributed by atoms with Crippen LogP contribution in [-0.2, 0) is 4.84 Å². The molecule has 0 aromatic carbocycles. The lowest BCUT2D eigenvalue weighted by molar-refractivity contribution is 0.0760. The van der Waals surface area contributed by atoms with Gasteiger partial charge in [0.15, 0.2) is 5.82 Å². The van der Waals surface area contributed by atoms with Gasteiger partial charge in [-0.2, -0.15) is 0 Å². The molecule has 4 heteroatoms. The molecule has 1 saturated heterocycles. The van der Waals surface area contributed by atoms with Gasteiger partial charge in [0, 0.05) is 24.7 Å². The molecular formula is C11H17N3O. The molecule has 82 valence electrons. The van der Waals surface area contributed by atoms with Crippen LogP contribution in [0.5, 0.6) is 0 Å². The fraction of sp³-hybridized carbons (Fsp3) is 0.636. The second kappa shape index (κ2) is 4.57. The molecule has 2 heterocycles. The summed E-state index contributed by atoms with van der Waals surface area (Å²) in [4.78, 5) is 14.3. The minimum absolute atomic E-state index is 0.356. The van der Waals surface area contributed by atoms with Crippen LogP contribution < -0.4 is 5.06 Å². The van der Waals surface area contributed by atoms with Gasteiger partial charge in [-0.25, -0.2) is 15.0 Å². The van der Waals surface area contributed by atoms with Gasteiger partial charge in [-0.3, -0.25) is 4.84 Å². The number of hydrogen-bond acceptors (Lipinski definition) is 4. The SMILES string of the molecule is CC(C)c1nccc(N2CCCCO2)n1. The van der Waals surface area contributed by atoms with Crippen molar-refractivity contribution >= 4 is 5.82 Å². The maximum Gasteiger partial charge on any atom is 0.156 e. The normalized spacial score (nSPS) is 17.1. The molecule has 0 atom stereocenters. The molecule has 1 fully saturated rings. The highest BCUT2D eigenvalue weighted by Gasteiger charge is 2.14. The van der Waals surface area contributed by atoms with E-state index in [1.54, 1.807) is 6.20 Å². The zero-order chi connectivity index (χ0) is 10.7. The van der Waals surface area contributed by atoms with Crippen molar-refractivity contribution in [2.45, 2.75) is 32.6 Å². The molecule has 15 heavy (non-hydrogen) atoms. The van der Waals surface area contributed by atoms with Gasteiger partial charge < -0.3 is 0 Å². The zero-order valence-corrected chi connectivity index (χ0v) is 9.31. The Kier molecular flexibility index (Phi) is 3.16. The van der Waals surface area contributed by atoms with E-state index in [0.717, 1.165) is 31.2 Å². The van der Waals surface area contributed by atoms with Gasteiger partial charge in [-0.05, 0) is 12.8 Å².